The van der Waals surface area contributed by atoms with Crippen LogP contribution in [0.3, 0.4) is 0 Å². The van der Waals surface area contributed by atoms with Gasteiger partial charge in [0.25, 0.3) is 5.91 Å². The minimum Gasteiger partial charge on any atom is -0.463 e. The fourth-order valence-corrected chi connectivity index (χ4v) is 1.58. The molecule has 0 spiro atoms. The largest absolute Gasteiger partial charge is 0.463 e. The van der Waals surface area contributed by atoms with E-state index in [1.54, 1.807) is 18.2 Å². The van der Waals surface area contributed by atoms with E-state index in [1.165, 1.54) is 6.26 Å². The van der Waals surface area contributed by atoms with Gasteiger partial charge in [0.1, 0.15) is 5.69 Å². The second-order valence-corrected chi connectivity index (χ2v) is 3.49. The quantitative estimate of drug-likeness (QED) is 0.748. The molecule has 2 aromatic rings. The molecule has 1 fully saturated rings. The smallest absolute Gasteiger partial charge is 0.322 e. The summed E-state index contributed by atoms with van der Waals surface area (Å²) in [5, 5.41) is 8.29. The topological polar surface area (TPSA) is 97.4 Å². The van der Waals surface area contributed by atoms with Gasteiger partial charge in [-0.1, -0.05) is 5.16 Å². The molecule has 3 rings (SSSR count). The number of imide groups is 1. The van der Waals surface area contributed by atoms with Crippen molar-refractivity contribution in [1.82, 2.24) is 15.8 Å². The van der Waals surface area contributed by atoms with Crippen LogP contribution in [0.1, 0.15) is 11.8 Å². The molecule has 17 heavy (non-hydrogen) atoms. The summed E-state index contributed by atoms with van der Waals surface area (Å²) in [4.78, 5) is 22.3. The van der Waals surface area contributed by atoms with Crippen molar-refractivity contribution in [1.29, 1.82) is 0 Å². The second-order valence-electron chi connectivity index (χ2n) is 3.49. The highest BCUT2D eigenvalue weighted by Crippen LogP contribution is 2.24. The van der Waals surface area contributed by atoms with Crippen LogP contribution < -0.4 is 10.6 Å². The number of nitrogens with one attached hydrogen (secondary N) is 2. The zero-order valence-corrected chi connectivity index (χ0v) is 8.47. The number of carbonyl (C=O) groups is 2. The summed E-state index contributed by atoms with van der Waals surface area (Å²) in [6.07, 6.45) is 1.51. The molecule has 7 heteroatoms. The van der Waals surface area contributed by atoms with Crippen LogP contribution in [0.4, 0.5) is 4.79 Å². The predicted molar refractivity (Wildman–Crippen MR) is 53.6 cm³/mol. The summed E-state index contributed by atoms with van der Waals surface area (Å²) in [5.74, 6) is 0.335. The lowest BCUT2D eigenvalue weighted by Gasteiger charge is -1.99. The van der Waals surface area contributed by atoms with E-state index in [9.17, 15) is 9.59 Å². The van der Waals surface area contributed by atoms with Crippen LogP contribution >= 0.6 is 0 Å². The monoisotopic (exact) mass is 233 g/mol. The molecule has 0 aromatic carbocycles. The Morgan fingerprint density at radius 3 is 2.88 bits per heavy atom. The van der Waals surface area contributed by atoms with Crippen LogP contribution in [0.2, 0.25) is 0 Å². The van der Waals surface area contributed by atoms with Crippen LogP contribution in [-0.4, -0.2) is 17.1 Å². The van der Waals surface area contributed by atoms with Gasteiger partial charge in [0.2, 0.25) is 0 Å². The van der Waals surface area contributed by atoms with Crippen LogP contribution in [0.25, 0.3) is 11.5 Å². The molecular weight excluding hydrogens is 226 g/mol. The first-order valence-corrected chi connectivity index (χ1v) is 4.86. The van der Waals surface area contributed by atoms with E-state index in [0.29, 0.717) is 11.5 Å². The van der Waals surface area contributed by atoms with Gasteiger partial charge < -0.3 is 14.3 Å². The van der Waals surface area contributed by atoms with E-state index in [1.807, 2.05) is 0 Å². The molecule has 3 heterocycles. The van der Waals surface area contributed by atoms with Gasteiger partial charge in [-0.2, -0.15) is 0 Å². The SMILES string of the molecule is O=C1NC(=O)[C@H](c2cc(-c3ccco3)no2)N1. The third-order valence-corrected chi connectivity index (χ3v) is 2.36. The number of carbonyl (C=O) groups excluding carboxylic acids is 2. The first-order chi connectivity index (χ1) is 8.24. The number of urea groups is 1. The maximum atomic E-state index is 11.4. The molecule has 2 N–H and O–H groups in total. The van der Waals surface area contributed by atoms with Crippen molar-refractivity contribution in [3.63, 3.8) is 0 Å². The summed E-state index contributed by atoms with van der Waals surface area (Å²) in [5.41, 5.74) is 0.471. The van der Waals surface area contributed by atoms with Crippen LogP contribution in [0.5, 0.6) is 0 Å². The van der Waals surface area contributed by atoms with E-state index in [2.05, 4.69) is 15.8 Å². The summed E-state index contributed by atoms with van der Waals surface area (Å²) < 4.78 is 10.1. The number of aromatic nitrogens is 1. The second kappa shape index (κ2) is 3.48. The number of rotatable bonds is 2. The van der Waals surface area contributed by atoms with Gasteiger partial charge in [-0.3, -0.25) is 10.1 Å². The van der Waals surface area contributed by atoms with Crippen molar-refractivity contribution >= 4 is 11.9 Å². The van der Waals surface area contributed by atoms with E-state index in [0.717, 1.165) is 0 Å². The standard InChI is InChI=1S/C10H7N3O4/c14-9-8(11-10(15)12-9)7-4-5(13-17-7)6-2-1-3-16-6/h1-4,8H,(H2,11,12,14,15)/t8-/m0/s1. The highest BCUT2D eigenvalue weighted by molar-refractivity contribution is 6.04. The first kappa shape index (κ1) is 9.64. The van der Waals surface area contributed by atoms with Gasteiger partial charge in [-0.25, -0.2) is 4.79 Å². The van der Waals surface area contributed by atoms with Crippen molar-refractivity contribution in [2.45, 2.75) is 6.04 Å². The zero-order valence-electron chi connectivity index (χ0n) is 8.47. The minimum atomic E-state index is -0.835. The van der Waals surface area contributed by atoms with Gasteiger partial charge in [0, 0.05) is 6.07 Å². The normalized spacial score (nSPS) is 19.2. The molecule has 1 aliphatic heterocycles. The Morgan fingerprint density at radius 1 is 1.35 bits per heavy atom. The molecule has 86 valence electrons. The van der Waals surface area contributed by atoms with Gasteiger partial charge in [0.15, 0.2) is 17.6 Å². The first-order valence-electron chi connectivity index (χ1n) is 4.86. The lowest BCUT2D eigenvalue weighted by Crippen LogP contribution is -2.22. The van der Waals surface area contributed by atoms with E-state index in [4.69, 9.17) is 8.94 Å². The fraction of sp³-hybridized carbons (Fsp3) is 0.100. The molecule has 0 bridgehead atoms. The Labute approximate surface area is 94.8 Å². The molecule has 0 radical (unpaired) electrons. The van der Waals surface area contributed by atoms with Gasteiger partial charge in [-0.05, 0) is 12.1 Å². The number of hydrogen-bond donors (Lipinski definition) is 2. The van der Waals surface area contributed by atoms with Crippen molar-refractivity contribution < 1.29 is 18.5 Å². The molecule has 0 aliphatic carbocycles. The molecule has 1 atom stereocenters. The lowest BCUT2D eigenvalue weighted by atomic mass is 10.2. The third kappa shape index (κ3) is 1.57. The molecule has 2 aromatic heterocycles. The average Bonchev–Trinajstić information content (AvgIpc) is 2.97. The van der Waals surface area contributed by atoms with Crippen LogP contribution in [-0.2, 0) is 4.79 Å². The van der Waals surface area contributed by atoms with Gasteiger partial charge in [-0.15, -0.1) is 0 Å². The predicted octanol–water partition coefficient (Wildman–Crippen LogP) is 0.815. The molecule has 1 saturated heterocycles. The van der Waals surface area contributed by atoms with Crippen molar-refractivity contribution in [3.05, 3.63) is 30.2 Å². The maximum absolute atomic E-state index is 11.4. The molecule has 0 saturated carbocycles. The zero-order chi connectivity index (χ0) is 11.8. The van der Waals surface area contributed by atoms with Gasteiger partial charge >= 0.3 is 6.03 Å². The third-order valence-electron chi connectivity index (χ3n) is 2.36. The highest BCUT2D eigenvalue weighted by atomic mass is 16.5. The van der Waals surface area contributed by atoms with Crippen molar-refractivity contribution in [2.24, 2.45) is 0 Å². The van der Waals surface area contributed by atoms with Crippen molar-refractivity contribution in [3.8, 4) is 11.5 Å². The Bertz CT molecular complexity index is 572. The molecule has 1 aliphatic rings. The van der Waals surface area contributed by atoms with Crippen LogP contribution in [0.15, 0.2) is 33.4 Å². The van der Waals surface area contributed by atoms with Crippen LogP contribution in [0, 0.1) is 0 Å². The molecule has 7 nitrogen and oxygen atoms in total. The summed E-state index contributed by atoms with van der Waals surface area (Å²) in [6, 6.07) is 3.60. The molecule has 0 unspecified atom stereocenters. The Kier molecular flexibility index (Phi) is 1.97. The maximum Gasteiger partial charge on any atom is 0.322 e. The minimum absolute atomic E-state index is 0.264. The van der Waals surface area contributed by atoms with Crippen molar-refractivity contribution in [2.75, 3.05) is 0 Å². The number of hydrogen-bond acceptors (Lipinski definition) is 5. The number of furan rings is 1. The van der Waals surface area contributed by atoms with E-state index in [-0.39, 0.29) is 5.76 Å². The Balaban J connectivity index is 1.91. The number of nitrogens with zero attached hydrogens (tertiary/aromatic N) is 1. The fourth-order valence-electron chi connectivity index (χ4n) is 1.58. The summed E-state index contributed by atoms with van der Waals surface area (Å²) in [6.45, 7) is 0. The molecule has 3 amide bonds. The van der Waals surface area contributed by atoms with Gasteiger partial charge in [0.05, 0.1) is 6.26 Å². The average molecular weight is 233 g/mol. The van der Waals surface area contributed by atoms with E-state index >= 15 is 0 Å². The summed E-state index contributed by atoms with van der Waals surface area (Å²) >= 11 is 0. The lowest BCUT2D eigenvalue weighted by molar-refractivity contribution is -0.120. The Hall–Kier alpha value is -2.57. The number of amides is 3. The molecular formula is C10H7N3O4. The summed E-state index contributed by atoms with van der Waals surface area (Å²) in [7, 11) is 0. The highest BCUT2D eigenvalue weighted by Gasteiger charge is 2.34. The van der Waals surface area contributed by atoms with E-state index < -0.39 is 18.0 Å². The Morgan fingerprint density at radius 2 is 2.24 bits per heavy atom.